The summed E-state index contributed by atoms with van der Waals surface area (Å²) in [6, 6.07) is 1.17. The summed E-state index contributed by atoms with van der Waals surface area (Å²) in [7, 11) is 1.84. The highest BCUT2D eigenvalue weighted by atomic mass is 127. The lowest BCUT2D eigenvalue weighted by molar-refractivity contribution is 0.231. The molecule has 5 heteroatoms. The van der Waals surface area contributed by atoms with Crippen LogP contribution < -0.4 is 10.6 Å². The van der Waals surface area contributed by atoms with Crippen molar-refractivity contribution in [3.63, 3.8) is 0 Å². The molecule has 0 bridgehead atoms. The molecule has 0 aliphatic heterocycles. The summed E-state index contributed by atoms with van der Waals surface area (Å²) in [4.78, 5) is 6.71. The highest BCUT2D eigenvalue weighted by Crippen LogP contribution is 2.28. The van der Waals surface area contributed by atoms with Crippen molar-refractivity contribution >= 4 is 29.9 Å². The molecular formula is C13H29IN4. The first-order valence-corrected chi connectivity index (χ1v) is 6.83. The number of hydrogen-bond acceptors (Lipinski definition) is 2. The zero-order valence-electron chi connectivity index (χ0n) is 12.4. The maximum atomic E-state index is 4.26. The minimum Gasteiger partial charge on any atom is -0.355 e. The molecule has 0 amide bonds. The predicted octanol–water partition coefficient (Wildman–Crippen LogP) is 1.91. The molecule has 2 N–H and O–H groups in total. The van der Waals surface area contributed by atoms with Crippen molar-refractivity contribution in [2.75, 3.05) is 26.7 Å². The van der Waals surface area contributed by atoms with Gasteiger partial charge in [-0.15, -0.1) is 24.0 Å². The average Bonchev–Trinajstić information content (AvgIpc) is 3.01. The van der Waals surface area contributed by atoms with Gasteiger partial charge in [0, 0.05) is 25.7 Å². The van der Waals surface area contributed by atoms with Gasteiger partial charge in [0.2, 0.25) is 0 Å². The largest absolute Gasteiger partial charge is 0.355 e. The molecule has 0 heterocycles. The van der Waals surface area contributed by atoms with E-state index in [0.29, 0.717) is 12.1 Å². The molecule has 1 rings (SSSR count). The smallest absolute Gasteiger partial charge is 0.191 e. The number of rotatable bonds is 6. The summed E-state index contributed by atoms with van der Waals surface area (Å²) >= 11 is 0. The number of hydrogen-bond donors (Lipinski definition) is 2. The van der Waals surface area contributed by atoms with Crippen molar-refractivity contribution in [3.8, 4) is 0 Å². The van der Waals surface area contributed by atoms with Crippen molar-refractivity contribution in [1.82, 2.24) is 15.5 Å². The molecule has 4 nitrogen and oxygen atoms in total. The van der Waals surface area contributed by atoms with Gasteiger partial charge in [0.1, 0.15) is 0 Å². The van der Waals surface area contributed by atoms with Crippen LogP contribution in [0.5, 0.6) is 0 Å². The Kier molecular flexibility index (Phi) is 8.94. The Bertz CT molecular complexity index is 253. The van der Waals surface area contributed by atoms with Gasteiger partial charge in [-0.1, -0.05) is 20.8 Å². The van der Waals surface area contributed by atoms with Crippen molar-refractivity contribution in [3.05, 3.63) is 0 Å². The van der Waals surface area contributed by atoms with Crippen LogP contribution in [0.15, 0.2) is 4.99 Å². The summed E-state index contributed by atoms with van der Waals surface area (Å²) < 4.78 is 0. The minimum atomic E-state index is 0. The van der Waals surface area contributed by atoms with Gasteiger partial charge >= 0.3 is 0 Å². The lowest BCUT2D eigenvalue weighted by Gasteiger charge is -2.27. The van der Waals surface area contributed by atoms with E-state index < -0.39 is 0 Å². The third-order valence-electron chi connectivity index (χ3n) is 3.66. The van der Waals surface area contributed by atoms with Gasteiger partial charge < -0.3 is 10.6 Å². The van der Waals surface area contributed by atoms with Crippen LogP contribution in [0.2, 0.25) is 0 Å². The van der Waals surface area contributed by atoms with Crippen LogP contribution in [0.1, 0.15) is 34.1 Å². The summed E-state index contributed by atoms with van der Waals surface area (Å²) in [5.74, 6) is 1.74. The van der Waals surface area contributed by atoms with E-state index in [2.05, 4.69) is 48.2 Å². The number of nitrogens with one attached hydrogen (secondary N) is 2. The van der Waals surface area contributed by atoms with Crippen molar-refractivity contribution < 1.29 is 0 Å². The molecule has 1 aliphatic carbocycles. The van der Waals surface area contributed by atoms with Crippen molar-refractivity contribution in [1.29, 1.82) is 0 Å². The Hall–Kier alpha value is -0.0400. The normalized spacial score (nSPS) is 24.4. The summed E-state index contributed by atoms with van der Waals surface area (Å²) in [5.41, 5.74) is 0. The molecule has 0 radical (unpaired) electrons. The third-order valence-corrected chi connectivity index (χ3v) is 3.66. The van der Waals surface area contributed by atoms with E-state index in [0.717, 1.165) is 31.5 Å². The molecule has 0 aromatic carbocycles. The van der Waals surface area contributed by atoms with Gasteiger partial charge in [-0.05, 0) is 32.4 Å². The Morgan fingerprint density at radius 3 is 2.33 bits per heavy atom. The maximum Gasteiger partial charge on any atom is 0.191 e. The van der Waals surface area contributed by atoms with Gasteiger partial charge in [0.25, 0.3) is 0 Å². The van der Waals surface area contributed by atoms with E-state index >= 15 is 0 Å². The zero-order valence-corrected chi connectivity index (χ0v) is 14.7. The Morgan fingerprint density at radius 2 is 1.94 bits per heavy atom. The molecule has 0 aromatic rings. The molecule has 3 atom stereocenters. The number of likely N-dealkylation sites (N-methyl/N-ethyl adjacent to an activating group) is 1. The second kappa shape index (κ2) is 8.96. The van der Waals surface area contributed by atoms with Gasteiger partial charge in [-0.3, -0.25) is 9.89 Å². The first-order valence-electron chi connectivity index (χ1n) is 6.83. The second-order valence-corrected chi connectivity index (χ2v) is 4.99. The van der Waals surface area contributed by atoms with Crippen LogP contribution in [0.3, 0.4) is 0 Å². The lowest BCUT2D eigenvalue weighted by Crippen LogP contribution is -2.46. The van der Waals surface area contributed by atoms with Crippen molar-refractivity contribution in [2.45, 2.75) is 46.2 Å². The average molecular weight is 368 g/mol. The fourth-order valence-electron chi connectivity index (χ4n) is 2.11. The standard InChI is InChI=1S/C13H28N4.HI/c1-6-17(7-2)11(4)9-15-13(14-5)16-12-8-10(12)3;/h10-12H,6-9H2,1-5H3,(H2,14,15,16);1H. The predicted molar refractivity (Wildman–Crippen MR) is 89.9 cm³/mol. The number of guanidine groups is 1. The molecule has 1 fully saturated rings. The van der Waals surface area contributed by atoms with Gasteiger partial charge in [-0.2, -0.15) is 0 Å². The Labute approximate surface area is 129 Å². The van der Waals surface area contributed by atoms with Gasteiger partial charge in [-0.25, -0.2) is 0 Å². The molecule has 0 aromatic heterocycles. The minimum absolute atomic E-state index is 0. The Morgan fingerprint density at radius 1 is 1.39 bits per heavy atom. The van der Waals surface area contributed by atoms with Crippen LogP contribution in [0.25, 0.3) is 0 Å². The number of nitrogens with zero attached hydrogens (tertiary/aromatic N) is 2. The van der Waals surface area contributed by atoms with E-state index in [1.54, 1.807) is 0 Å². The molecule has 0 saturated heterocycles. The molecule has 1 saturated carbocycles. The van der Waals surface area contributed by atoms with Gasteiger partial charge in [0.05, 0.1) is 0 Å². The highest BCUT2D eigenvalue weighted by molar-refractivity contribution is 14.0. The molecule has 3 unspecified atom stereocenters. The first-order chi connectivity index (χ1) is 8.12. The quantitative estimate of drug-likeness (QED) is 0.428. The molecule has 0 spiro atoms. The topological polar surface area (TPSA) is 39.7 Å². The van der Waals surface area contributed by atoms with E-state index in [1.807, 2.05) is 7.05 Å². The monoisotopic (exact) mass is 368 g/mol. The van der Waals surface area contributed by atoms with E-state index in [4.69, 9.17) is 0 Å². The number of aliphatic imine (C=N–C) groups is 1. The molecule has 1 aliphatic rings. The summed E-state index contributed by atoms with van der Waals surface area (Å²) in [6.45, 7) is 12.1. The zero-order chi connectivity index (χ0) is 12.8. The fourth-order valence-corrected chi connectivity index (χ4v) is 2.11. The third kappa shape index (κ3) is 5.73. The van der Waals surface area contributed by atoms with Crippen LogP contribution in [-0.2, 0) is 0 Å². The maximum absolute atomic E-state index is 4.26. The van der Waals surface area contributed by atoms with Crippen LogP contribution in [0, 0.1) is 5.92 Å². The SMILES string of the molecule is CCN(CC)C(C)CNC(=NC)NC1CC1C.I. The van der Waals surface area contributed by atoms with Crippen LogP contribution in [0.4, 0.5) is 0 Å². The Balaban J connectivity index is 0.00000289. The van der Waals surface area contributed by atoms with Crippen LogP contribution in [-0.4, -0.2) is 49.6 Å². The van der Waals surface area contributed by atoms with Gasteiger partial charge in [0.15, 0.2) is 5.96 Å². The number of halogens is 1. The summed E-state index contributed by atoms with van der Waals surface area (Å²) in [6.07, 6.45) is 1.27. The molecular weight excluding hydrogens is 339 g/mol. The lowest BCUT2D eigenvalue weighted by atomic mass is 10.3. The fraction of sp³-hybridized carbons (Fsp3) is 0.923. The molecule has 108 valence electrons. The van der Waals surface area contributed by atoms with Crippen molar-refractivity contribution in [2.24, 2.45) is 10.9 Å². The van der Waals surface area contributed by atoms with E-state index in [1.165, 1.54) is 6.42 Å². The van der Waals surface area contributed by atoms with Crippen LogP contribution >= 0.6 is 24.0 Å². The first kappa shape index (κ1) is 18.0. The van der Waals surface area contributed by atoms with E-state index in [-0.39, 0.29) is 24.0 Å². The summed E-state index contributed by atoms with van der Waals surface area (Å²) in [5, 5.41) is 6.85. The second-order valence-electron chi connectivity index (χ2n) is 4.99. The highest BCUT2D eigenvalue weighted by Gasteiger charge is 2.33. The molecule has 18 heavy (non-hydrogen) atoms. The van der Waals surface area contributed by atoms with E-state index in [9.17, 15) is 0 Å².